The van der Waals surface area contributed by atoms with Gasteiger partial charge in [-0.3, -0.25) is 0 Å². The largest absolute Gasteiger partial charge is 0.385 e. The van der Waals surface area contributed by atoms with E-state index in [0.29, 0.717) is 51.3 Å². The molecule has 1 heterocycles. The third-order valence-electron chi connectivity index (χ3n) is 6.49. The minimum Gasteiger partial charge on any atom is -0.385 e. The van der Waals surface area contributed by atoms with E-state index >= 15 is 0 Å². The van der Waals surface area contributed by atoms with Gasteiger partial charge in [-0.1, -0.05) is 26.0 Å². The van der Waals surface area contributed by atoms with Gasteiger partial charge in [0.25, 0.3) is 0 Å². The van der Waals surface area contributed by atoms with Gasteiger partial charge in [0.15, 0.2) is 11.6 Å². The highest BCUT2D eigenvalue weighted by Gasteiger charge is 2.43. The van der Waals surface area contributed by atoms with E-state index in [0.717, 1.165) is 12.5 Å². The molecule has 1 aliphatic heterocycles. The number of ether oxygens (including phenoxy) is 1. The molecule has 0 aliphatic carbocycles. The average Bonchev–Trinajstić information content (AvgIpc) is 2.78. The molecule has 8 heteroatoms. The summed E-state index contributed by atoms with van der Waals surface area (Å²) in [5, 5.41) is 18.0. The van der Waals surface area contributed by atoms with Crippen molar-refractivity contribution in [2.45, 2.75) is 64.0 Å². The van der Waals surface area contributed by atoms with Gasteiger partial charge in [0.05, 0.1) is 5.60 Å². The lowest BCUT2D eigenvalue weighted by Crippen LogP contribution is -2.54. The first kappa shape index (κ1) is 27.5. The molecule has 0 spiro atoms. The Balaban J connectivity index is 2.21. The maximum absolute atomic E-state index is 14.8. The number of amides is 2. The second-order valence-corrected chi connectivity index (χ2v) is 9.59. The highest BCUT2D eigenvalue weighted by Crippen LogP contribution is 2.41. The average molecular weight is 470 g/mol. The number of aliphatic hydroxyl groups is 1. The Morgan fingerprint density at radius 1 is 1.33 bits per heavy atom. The van der Waals surface area contributed by atoms with Crippen molar-refractivity contribution in [3.63, 3.8) is 0 Å². The van der Waals surface area contributed by atoms with Gasteiger partial charge in [0.2, 0.25) is 0 Å². The summed E-state index contributed by atoms with van der Waals surface area (Å²) in [7, 11) is 3.46. The van der Waals surface area contributed by atoms with E-state index in [1.807, 2.05) is 7.05 Å². The van der Waals surface area contributed by atoms with Crippen LogP contribution >= 0.6 is 0 Å². The zero-order chi connectivity index (χ0) is 24.4. The molecule has 6 nitrogen and oxygen atoms in total. The molecule has 1 aromatic rings. The second-order valence-electron chi connectivity index (χ2n) is 9.59. The number of rotatable bonds is 12. The van der Waals surface area contributed by atoms with Crippen molar-refractivity contribution >= 4 is 6.03 Å². The molecule has 0 aromatic heterocycles. The van der Waals surface area contributed by atoms with Crippen LogP contribution in [0.25, 0.3) is 0 Å². The zero-order valence-corrected chi connectivity index (χ0v) is 20.5. The van der Waals surface area contributed by atoms with Crippen molar-refractivity contribution in [1.82, 2.24) is 15.5 Å². The summed E-state index contributed by atoms with van der Waals surface area (Å²) in [6.45, 7) is 6.28. The van der Waals surface area contributed by atoms with E-state index in [4.69, 9.17) is 4.74 Å². The van der Waals surface area contributed by atoms with Gasteiger partial charge in [0.1, 0.15) is 0 Å². The number of unbranched alkanes of at least 4 members (excludes halogenated alkanes) is 1. The maximum Gasteiger partial charge on any atom is 0.317 e. The van der Waals surface area contributed by atoms with Crippen LogP contribution < -0.4 is 10.6 Å². The first-order valence-electron chi connectivity index (χ1n) is 12.1. The molecule has 3 unspecified atom stereocenters. The molecule has 1 fully saturated rings. The number of piperidine rings is 1. The molecule has 3 atom stereocenters. The van der Waals surface area contributed by atoms with Gasteiger partial charge in [0, 0.05) is 50.9 Å². The predicted octanol–water partition coefficient (Wildman–Crippen LogP) is 4.02. The number of nitrogens with zero attached hydrogens (tertiary/aromatic N) is 1. The number of hydrogen-bond donors (Lipinski definition) is 3. The van der Waals surface area contributed by atoms with Crippen LogP contribution in [0, 0.1) is 23.5 Å². The van der Waals surface area contributed by atoms with Crippen molar-refractivity contribution in [3.8, 4) is 0 Å². The number of methoxy groups -OCH3 is 1. The zero-order valence-electron chi connectivity index (χ0n) is 20.5. The van der Waals surface area contributed by atoms with Gasteiger partial charge in [-0.2, -0.15) is 0 Å². The standard InChI is InChI=1S/C25H41F2N3O3/c1-18(2)15-20(16-28-3)29-24(31)30-13-8-9-19(17-30)25(32,12-5-6-14-33-4)21-10-7-11-22(26)23(21)27/h7,10-11,18-20,28,32H,5-6,8-9,12-17H2,1-4H3,(H,29,31). The number of carbonyl (C=O) groups is 1. The minimum atomic E-state index is -1.57. The Labute approximate surface area is 197 Å². The van der Waals surface area contributed by atoms with Crippen LogP contribution in [-0.2, 0) is 10.3 Å². The Kier molecular flexibility index (Phi) is 11.0. The van der Waals surface area contributed by atoms with Crippen molar-refractivity contribution in [2.24, 2.45) is 11.8 Å². The molecule has 1 saturated heterocycles. The molecule has 1 aromatic carbocycles. The summed E-state index contributed by atoms with van der Waals surface area (Å²) in [5.41, 5.74) is -1.60. The van der Waals surface area contributed by atoms with Crippen molar-refractivity contribution in [2.75, 3.05) is 40.4 Å². The van der Waals surface area contributed by atoms with Crippen LogP contribution in [0.4, 0.5) is 13.6 Å². The van der Waals surface area contributed by atoms with Gasteiger partial charge in [-0.15, -0.1) is 0 Å². The number of likely N-dealkylation sites (N-methyl/N-ethyl adjacent to an activating group) is 1. The molecule has 0 radical (unpaired) electrons. The lowest BCUT2D eigenvalue weighted by atomic mass is 9.74. The van der Waals surface area contributed by atoms with E-state index < -0.39 is 23.2 Å². The lowest BCUT2D eigenvalue weighted by molar-refractivity contribution is -0.0591. The molecule has 0 saturated carbocycles. The normalized spacial score (nSPS) is 19.4. The molecule has 2 amide bonds. The predicted molar refractivity (Wildman–Crippen MR) is 126 cm³/mol. The second kappa shape index (κ2) is 13.2. The van der Waals surface area contributed by atoms with Crippen LogP contribution in [0.3, 0.4) is 0 Å². The molecule has 2 rings (SSSR count). The molecule has 0 bridgehead atoms. The molecular formula is C25H41F2N3O3. The number of halogens is 2. The SMILES string of the molecule is CNCC(CC(C)C)NC(=O)N1CCCC(C(O)(CCCCOC)c2cccc(F)c2F)C1. The fourth-order valence-electron chi connectivity index (χ4n) is 4.86. The number of nitrogens with one attached hydrogen (secondary N) is 2. The Morgan fingerprint density at radius 3 is 2.76 bits per heavy atom. The van der Waals surface area contributed by atoms with Crippen molar-refractivity contribution in [1.29, 1.82) is 0 Å². The number of benzene rings is 1. The Bertz CT molecular complexity index is 750. The lowest BCUT2D eigenvalue weighted by Gasteiger charge is -2.43. The van der Waals surface area contributed by atoms with E-state index in [-0.39, 0.29) is 30.6 Å². The Hall–Kier alpha value is -1.77. The first-order chi connectivity index (χ1) is 15.7. The molecular weight excluding hydrogens is 428 g/mol. The fraction of sp³-hybridized carbons (Fsp3) is 0.720. The fourth-order valence-corrected chi connectivity index (χ4v) is 4.86. The summed E-state index contributed by atoms with van der Waals surface area (Å²) in [5.74, 6) is -1.95. The minimum absolute atomic E-state index is 0.00327. The van der Waals surface area contributed by atoms with Crippen LogP contribution in [-0.4, -0.2) is 62.5 Å². The van der Waals surface area contributed by atoms with Crippen LogP contribution in [0.2, 0.25) is 0 Å². The van der Waals surface area contributed by atoms with E-state index in [2.05, 4.69) is 24.5 Å². The highest BCUT2D eigenvalue weighted by atomic mass is 19.2. The van der Waals surface area contributed by atoms with Gasteiger partial charge >= 0.3 is 6.03 Å². The van der Waals surface area contributed by atoms with Crippen molar-refractivity contribution in [3.05, 3.63) is 35.4 Å². The monoisotopic (exact) mass is 469 g/mol. The van der Waals surface area contributed by atoms with Gasteiger partial charge < -0.3 is 25.4 Å². The molecule has 33 heavy (non-hydrogen) atoms. The van der Waals surface area contributed by atoms with Gasteiger partial charge in [-0.25, -0.2) is 13.6 Å². The summed E-state index contributed by atoms with van der Waals surface area (Å²) >= 11 is 0. The van der Waals surface area contributed by atoms with Crippen molar-refractivity contribution < 1.29 is 23.4 Å². The summed E-state index contributed by atoms with van der Waals surface area (Å²) < 4.78 is 34.0. The Morgan fingerprint density at radius 2 is 2.09 bits per heavy atom. The summed E-state index contributed by atoms with van der Waals surface area (Å²) in [4.78, 5) is 14.8. The number of likely N-dealkylation sites (tertiary alicyclic amines) is 1. The maximum atomic E-state index is 14.8. The third-order valence-corrected chi connectivity index (χ3v) is 6.49. The van der Waals surface area contributed by atoms with E-state index in [1.54, 1.807) is 12.0 Å². The number of urea groups is 1. The molecule has 1 aliphatic rings. The molecule has 3 N–H and O–H groups in total. The number of hydrogen-bond acceptors (Lipinski definition) is 4. The van der Waals surface area contributed by atoms with Gasteiger partial charge in [-0.05, 0) is 57.6 Å². The van der Waals surface area contributed by atoms with Crippen LogP contribution in [0.1, 0.15) is 57.9 Å². The van der Waals surface area contributed by atoms with Crippen LogP contribution in [0.15, 0.2) is 18.2 Å². The summed E-state index contributed by atoms with van der Waals surface area (Å²) in [6, 6.07) is 3.76. The van der Waals surface area contributed by atoms with E-state index in [9.17, 15) is 18.7 Å². The summed E-state index contributed by atoms with van der Waals surface area (Å²) in [6.07, 6.45) is 3.74. The highest BCUT2D eigenvalue weighted by molar-refractivity contribution is 5.74. The molecule has 188 valence electrons. The third kappa shape index (κ3) is 7.62. The smallest absolute Gasteiger partial charge is 0.317 e. The van der Waals surface area contributed by atoms with Crippen LogP contribution in [0.5, 0.6) is 0 Å². The topological polar surface area (TPSA) is 73.8 Å². The van der Waals surface area contributed by atoms with E-state index in [1.165, 1.54) is 12.1 Å². The quantitative estimate of drug-likeness (QED) is 0.404. The first-order valence-corrected chi connectivity index (χ1v) is 12.1. The number of carbonyl (C=O) groups excluding carboxylic acids is 1.